The van der Waals surface area contributed by atoms with Gasteiger partial charge in [0.2, 0.25) is 0 Å². The molecule has 0 saturated carbocycles. The highest BCUT2D eigenvalue weighted by Crippen LogP contribution is 2.43. The minimum atomic E-state index is -4.26. The third-order valence-corrected chi connectivity index (χ3v) is 2.19. The molecule has 0 aliphatic rings. The van der Waals surface area contributed by atoms with Crippen LogP contribution >= 0.6 is 0 Å². The van der Waals surface area contributed by atoms with Crippen LogP contribution in [0.2, 0.25) is 0 Å². The van der Waals surface area contributed by atoms with Gasteiger partial charge in [0.15, 0.2) is 5.60 Å². The minimum absolute atomic E-state index is 0.571. The number of carbonyl (C=O) groups is 1. The summed E-state index contributed by atoms with van der Waals surface area (Å²) >= 11 is 0. The second kappa shape index (κ2) is 3.31. The Bertz CT molecular complexity index is 255. The van der Waals surface area contributed by atoms with E-state index in [9.17, 15) is 18.7 Å². The third-order valence-electron chi connectivity index (χ3n) is 2.19. The van der Waals surface area contributed by atoms with Crippen LogP contribution in [0.15, 0.2) is 12.7 Å². The molecule has 0 aliphatic heterocycles. The van der Waals surface area contributed by atoms with Gasteiger partial charge in [0.25, 0.3) is 0 Å². The van der Waals surface area contributed by atoms with E-state index in [2.05, 4.69) is 6.58 Å². The SMILES string of the molecule is C=CC(O)(C(C)(C)C)C(F)(F)C(=O)O. The molecule has 0 aliphatic carbocycles. The van der Waals surface area contributed by atoms with Crippen LogP contribution in [-0.4, -0.2) is 27.7 Å². The maximum absolute atomic E-state index is 13.2. The molecule has 3 nitrogen and oxygen atoms in total. The number of alkyl halides is 2. The molecule has 0 spiro atoms. The van der Waals surface area contributed by atoms with Crippen molar-refractivity contribution in [2.24, 2.45) is 5.41 Å². The fraction of sp³-hybridized carbons (Fsp3) is 0.667. The van der Waals surface area contributed by atoms with Gasteiger partial charge in [-0.1, -0.05) is 33.4 Å². The summed E-state index contributed by atoms with van der Waals surface area (Å²) in [5.41, 5.74) is -4.09. The van der Waals surface area contributed by atoms with Crippen LogP contribution in [-0.2, 0) is 4.79 Å². The average Bonchev–Trinajstić information content (AvgIpc) is 2.00. The Morgan fingerprint density at radius 2 is 1.71 bits per heavy atom. The maximum atomic E-state index is 13.2. The normalized spacial score (nSPS) is 17.3. The van der Waals surface area contributed by atoms with Crippen LogP contribution in [0.5, 0.6) is 0 Å². The van der Waals surface area contributed by atoms with Crippen molar-refractivity contribution in [2.45, 2.75) is 32.3 Å². The lowest BCUT2D eigenvalue weighted by molar-refractivity contribution is -0.218. The van der Waals surface area contributed by atoms with E-state index in [1.165, 1.54) is 20.8 Å². The molecule has 0 amide bonds. The van der Waals surface area contributed by atoms with Gasteiger partial charge in [0, 0.05) is 5.41 Å². The second-order valence-electron chi connectivity index (χ2n) is 4.10. The van der Waals surface area contributed by atoms with Crippen molar-refractivity contribution < 1.29 is 23.8 Å². The topological polar surface area (TPSA) is 57.5 Å². The van der Waals surface area contributed by atoms with Crippen molar-refractivity contribution in [2.75, 3.05) is 0 Å². The van der Waals surface area contributed by atoms with Gasteiger partial charge in [-0.05, 0) is 0 Å². The van der Waals surface area contributed by atoms with Crippen LogP contribution in [0, 0.1) is 5.41 Å². The summed E-state index contributed by atoms with van der Waals surface area (Å²) in [4.78, 5) is 10.3. The first-order chi connectivity index (χ1) is 6.00. The molecule has 2 N–H and O–H groups in total. The first-order valence-electron chi connectivity index (χ1n) is 3.98. The van der Waals surface area contributed by atoms with Crippen LogP contribution in [0.1, 0.15) is 20.8 Å². The Morgan fingerprint density at radius 1 is 1.36 bits per heavy atom. The predicted molar refractivity (Wildman–Crippen MR) is 47.2 cm³/mol. The van der Waals surface area contributed by atoms with Gasteiger partial charge in [-0.2, -0.15) is 8.78 Å². The van der Waals surface area contributed by atoms with Gasteiger partial charge in [-0.15, -0.1) is 0 Å². The van der Waals surface area contributed by atoms with Gasteiger partial charge < -0.3 is 10.2 Å². The Balaban J connectivity index is 5.48. The van der Waals surface area contributed by atoms with E-state index in [0.717, 1.165) is 0 Å². The second-order valence-corrected chi connectivity index (χ2v) is 4.10. The van der Waals surface area contributed by atoms with Crippen molar-refractivity contribution in [3.8, 4) is 0 Å². The fourth-order valence-electron chi connectivity index (χ4n) is 1.07. The Labute approximate surface area is 81.1 Å². The van der Waals surface area contributed by atoms with Gasteiger partial charge in [0.05, 0.1) is 0 Å². The molecular formula is C9H14F2O3. The van der Waals surface area contributed by atoms with Gasteiger partial charge in [0.1, 0.15) is 0 Å². The van der Waals surface area contributed by atoms with Gasteiger partial charge in [-0.3, -0.25) is 0 Å². The Morgan fingerprint density at radius 3 is 1.79 bits per heavy atom. The predicted octanol–water partition coefficient (Wildman–Crippen LogP) is 1.67. The summed E-state index contributed by atoms with van der Waals surface area (Å²) in [5, 5.41) is 17.9. The standard InChI is InChI=1S/C9H14F2O3/c1-5-8(14,7(2,3)4)9(10,11)6(12)13/h5,14H,1H2,2-4H3,(H,12,13). The lowest BCUT2D eigenvalue weighted by atomic mass is 9.72. The first kappa shape index (κ1) is 13.0. The van der Waals surface area contributed by atoms with E-state index < -0.39 is 22.9 Å². The third kappa shape index (κ3) is 1.64. The van der Waals surface area contributed by atoms with Crippen LogP contribution < -0.4 is 0 Å². The zero-order chi connectivity index (χ0) is 11.8. The number of rotatable bonds is 3. The van der Waals surface area contributed by atoms with E-state index in [0.29, 0.717) is 6.08 Å². The van der Waals surface area contributed by atoms with Crippen molar-refractivity contribution in [3.63, 3.8) is 0 Å². The highest BCUT2D eigenvalue weighted by atomic mass is 19.3. The molecule has 0 aromatic rings. The molecule has 0 bridgehead atoms. The zero-order valence-electron chi connectivity index (χ0n) is 8.34. The lowest BCUT2D eigenvalue weighted by Gasteiger charge is -2.40. The number of hydrogen-bond donors (Lipinski definition) is 2. The summed E-state index contributed by atoms with van der Waals surface area (Å²) in [6.07, 6.45) is 0.571. The molecule has 0 rings (SSSR count). The Kier molecular flexibility index (Phi) is 3.08. The maximum Gasteiger partial charge on any atom is 0.378 e. The molecule has 0 heterocycles. The smallest absolute Gasteiger partial charge is 0.378 e. The van der Waals surface area contributed by atoms with Crippen molar-refractivity contribution in [1.29, 1.82) is 0 Å². The van der Waals surface area contributed by atoms with Crippen LogP contribution in [0.4, 0.5) is 8.78 Å². The minimum Gasteiger partial charge on any atom is -0.477 e. The lowest BCUT2D eigenvalue weighted by Crippen LogP contribution is -2.59. The largest absolute Gasteiger partial charge is 0.477 e. The van der Waals surface area contributed by atoms with E-state index in [-0.39, 0.29) is 0 Å². The molecule has 1 unspecified atom stereocenters. The zero-order valence-corrected chi connectivity index (χ0v) is 8.34. The summed E-state index contributed by atoms with van der Waals surface area (Å²) in [6.45, 7) is 6.99. The summed E-state index contributed by atoms with van der Waals surface area (Å²) in [7, 11) is 0. The first-order valence-corrected chi connectivity index (χ1v) is 3.98. The number of aliphatic carboxylic acids is 1. The molecule has 0 fully saturated rings. The summed E-state index contributed by atoms with van der Waals surface area (Å²) in [5.74, 6) is -6.62. The summed E-state index contributed by atoms with van der Waals surface area (Å²) in [6, 6.07) is 0. The Hall–Kier alpha value is -0.970. The molecule has 5 heteroatoms. The highest BCUT2D eigenvalue weighted by molar-refractivity contribution is 5.78. The number of aliphatic hydroxyl groups is 1. The molecule has 1 atom stereocenters. The number of carboxylic acids is 1. The molecular weight excluding hydrogens is 194 g/mol. The monoisotopic (exact) mass is 208 g/mol. The summed E-state index contributed by atoms with van der Waals surface area (Å²) < 4.78 is 26.3. The molecule has 0 saturated heterocycles. The van der Waals surface area contributed by atoms with Gasteiger partial charge in [-0.25, -0.2) is 4.79 Å². The van der Waals surface area contributed by atoms with Crippen LogP contribution in [0.3, 0.4) is 0 Å². The van der Waals surface area contributed by atoms with Crippen molar-refractivity contribution in [3.05, 3.63) is 12.7 Å². The van der Waals surface area contributed by atoms with E-state index in [1.807, 2.05) is 0 Å². The number of hydrogen-bond acceptors (Lipinski definition) is 2. The fourth-order valence-corrected chi connectivity index (χ4v) is 1.07. The molecule has 0 aromatic carbocycles. The van der Waals surface area contributed by atoms with Gasteiger partial charge >= 0.3 is 11.9 Å². The van der Waals surface area contributed by atoms with Crippen molar-refractivity contribution in [1.82, 2.24) is 0 Å². The van der Waals surface area contributed by atoms with E-state index in [4.69, 9.17) is 5.11 Å². The van der Waals surface area contributed by atoms with E-state index >= 15 is 0 Å². The number of halogens is 2. The quantitative estimate of drug-likeness (QED) is 0.693. The number of carboxylic acid groups (broad SMARTS) is 1. The molecule has 0 aromatic heterocycles. The molecule has 82 valence electrons. The van der Waals surface area contributed by atoms with E-state index in [1.54, 1.807) is 0 Å². The molecule has 0 radical (unpaired) electrons. The average molecular weight is 208 g/mol. The van der Waals surface area contributed by atoms with Crippen molar-refractivity contribution >= 4 is 5.97 Å². The molecule has 14 heavy (non-hydrogen) atoms. The van der Waals surface area contributed by atoms with Crippen LogP contribution in [0.25, 0.3) is 0 Å². The highest BCUT2D eigenvalue weighted by Gasteiger charge is 2.62.